The summed E-state index contributed by atoms with van der Waals surface area (Å²) in [4.78, 5) is 11.5. The number of rotatable bonds is 8. The number of hydrogen-bond donors (Lipinski definition) is 0. The van der Waals surface area contributed by atoms with Gasteiger partial charge in [0.05, 0.1) is 24.9 Å². The number of ether oxygens (including phenoxy) is 2. The summed E-state index contributed by atoms with van der Waals surface area (Å²) in [5.41, 5.74) is 0.639. The molecule has 0 N–H and O–H groups in total. The molecule has 0 spiro atoms. The second-order valence-electron chi connectivity index (χ2n) is 10.8. The normalized spacial score (nSPS) is 32.9. The van der Waals surface area contributed by atoms with Crippen LogP contribution in [0.4, 0.5) is 4.39 Å². The van der Waals surface area contributed by atoms with Crippen LogP contribution in [0.15, 0.2) is 12.1 Å². The fraction of sp³-hybridized carbons (Fsp3) is 0.759. The Hall–Kier alpha value is -1.42. The van der Waals surface area contributed by atoms with Crippen LogP contribution in [0.3, 0.4) is 0 Å². The summed E-state index contributed by atoms with van der Waals surface area (Å²) in [6, 6.07) is 3.51. The van der Waals surface area contributed by atoms with E-state index in [0.717, 1.165) is 30.6 Å². The molecular weight excluding hydrogens is 415 g/mol. The number of halogens is 1. The van der Waals surface area contributed by atoms with Crippen LogP contribution < -0.4 is 4.74 Å². The van der Waals surface area contributed by atoms with Gasteiger partial charge in [0.2, 0.25) is 0 Å². The van der Waals surface area contributed by atoms with Crippen LogP contribution in [0.25, 0.3) is 0 Å². The first-order valence-corrected chi connectivity index (χ1v) is 13.7. The van der Waals surface area contributed by atoms with E-state index in [9.17, 15) is 4.79 Å². The minimum atomic E-state index is -0.433. The number of carbonyl (C=O) groups is 1. The molecule has 1 aromatic carbocycles. The molecular formula is C29H43FO3. The van der Waals surface area contributed by atoms with E-state index in [-0.39, 0.29) is 11.5 Å². The van der Waals surface area contributed by atoms with Crippen LogP contribution in [-0.4, -0.2) is 25.6 Å². The summed E-state index contributed by atoms with van der Waals surface area (Å²) in [5, 5.41) is 0. The van der Waals surface area contributed by atoms with E-state index in [2.05, 4.69) is 6.92 Å². The molecule has 2 saturated carbocycles. The van der Waals surface area contributed by atoms with E-state index >= 15 is 4.39 Å². The number of carbonyl (C=O) groups excluding carboxylic acids is 1. The maximum absolute atomic E-state index is 15.0. The van der Waals surface area contributed by atoms with Gasteiger partial charge in [0.1, 0.15) is 11.6 Å². The third-order valence-corrected chi connectivity index (χ3v) is 8.94. The van der Waals surface area contributed by atoms with Crippen LogP contribution in [-0.2, 0) is 4.74 Å². The highest BCUT2D eigenvalue weighted by atomic mass is 19.1. The van der Waals surface area contributed by atoms with Gasteiger partial charge in [-0.1, -0.05) is 38.7 Å². The highest BCUT2D eigenvalue weighted by molar-refractivity contribution is 5.80. The second kappa shape index (κ2) is 11.8. The maximum atomic E-state index is 15.0. The lowest BCUT2D eigenvalue weighted by molar-refractivity contribution is -0.0468. The molecule has 3 fully saturated rings. The molecule has 3 nitrogen and oxygen atoms in total. The molecule has 3 aliphatic rings. The third kappa shape index (κ3) is 5.81. The summed E-state index contributed by atoms with van der Waals surface area (Å²) >= 11 is 0. The molecule has 4 rings (SSSR count). The quantitative estimate of drug-likeness (QED) is 0.374. The summed E-state index contributed by atoms with van der Waals surface area (Å²) in [6.45, 7) is 5.12. The number of hydrogen-bond acceptors (Lipinski definition) is 3. The summed E-state index contributed by atoms with van der Waals surface area (Å²) in [7, 11) is 0. The summed E-state index contributed by atoms with van der Waals surface area (Å²) in [5.74, 6) is 3.47. The van der Waals surface area contributed by atoms with Gasteiger partial charge >= 0.3 is 0 Å². The van der Waals surface area contributed by atoms with Gasteiger partial charge in [-0.3, -0.25) is 4.79 Å². The van der Waals surface area contributed by atoms with Gasteiger partial charge < -0.3 is 9.47 Å². The smallest absolute Gasteiger partial charge is 0.156 e. The van der Waals surface area contributed by atoms with Gasteiger partial charge in [0.15, 0.2) is 6.29 Å². The van der Waals surface area contributed by atoms with Crippen LogP contribution in [0.2, 0.25) is 0 Å². The Balaban J connectivity index is 1.25. The maximum Gasteiger partial charge on any atom is 0.156 e. The molecule has 2 unspecified atom stereocenters. The molecule has 4 heteroatoms. The van der Waals surface area contributed by atoms with Crippen molar-refractivity contribution in [3.05, 3.63) is 29.1 Å². The molecule has 2 aliphatic carbocycles. The van der Waals surface area contributed by atoms with E-state index in [1.807, 2.05) is 6.92 Å². The van der Waals surface area contributed by atoms with Gasteiger partial charge in [-0.2, -0.15) is 0 Å². The molecule has 0 radical (unpaired) electrons. The van der Waals surface area contributed by atoms with Crippen molar-refractivity contribution >= 4 is 6.29 Å². The number of aldehydes is 1. The van der Waals surface area contributed by atoms with Crippen LogP contribution in [0.1, 0.15) is 113 Å². The van der Waals surface area contributed by atoms with E-state index in [1.165, 1.54) is 64.2 Å². The monoisotopic (exact) mass is 458 g/mol. The molecule has 1 aromatic rings. The fourth-order valence-corrected chi connectivity index (χ4v) is 7.03. The molecule has 2 atom stereocenters. The Morgan fingerprint density at radius 1 is 0.939 bits per heavy atom. The van der Waals surface area contributed by atoms with Gasteiger partial charge in [-0.05, 0) is 93.6 Å². The van der Waals surface area contributed by atoms with Crippen LogP contribution in [0, 0.1) is 29.5 Å². The minimum Gasteiger partial charge on any atom is -0.493 e. The molecule has 1 aliphatic heterocycles. The SMILES string of the molecule is CCCC1CCC(C2CCC(C3CCC(c4ccc(OCC)c(C=O)c4F)CO3)CC2)CC1. The standard InChI is InChI=1S/C29H43FO3/c1-3-5-20-6-8-21(9-7-20)22-10-12-23(13-11-22)27-16-14-24(19-33-27)25-15-17-28(32-4-2)26(18-31)29(25)30/h15,17-18,20-24,27H,3-14,16,19H2,1-2H3. The van der Waals surface area contributed by atoms with Gasteiger partial charge in [-0.15, -0.1) is 0 Å². The highest BCUT2D eigenvalue weighted by Gasteiger charge is 2.36. The third-order valence-electron chi connectivity index (χ3n) is 8.94. The zero-order valence-corrected chi connectivity index (χ0v) is 20.7. The Morgan fingerprint density at radius 3 is 2.18 bits per heavy atom. The molecule has 184 valence electrons. The number of benzene rings is 1. The lowest BCUT2D eigenvalue weighted by atomic mass is 9.67. The van der Waals surface area contributed by atoms with Gasteiger partial charge in [0.25, 0.3) is 0 Å². The molecule has 0 bridgehead atoms. The first-order valence-electron chi connectivity index (χ1n) is 13.7. The Morgan fingerprint density at radius 2 is 1.61 bits per heavy atom. The lowest BCUT2D eigenvalue weighted by Crippen LogP contribution is -2.35. The zero-order valence-electron chi connectivity index (χ0n) is 20.7. The van der Waals surface area contributed by atoms with Crippen molar-refractivity contribution in [3.8, 4) is 5.75 Å². The topological polar surface area (TPSA) is 35.5 Å². The van der Waals surface area contributed by atoms with E-state index in [0.29, 0.717) is 42.8 Å². The van der Waals surface area contributed by atoms with Crippen molar-refractivity contribution in [3.63, 3.8) is 0 Å². The minimum absolute atomic E-state index is 0.0188. The molecule has 0 amide bonds. The van der Waals surface area contributed by atoms with Crippen molar-refractivity contribution in [2.24, 2.45) is 23.7 Å². The van der Waals surface area contributed by atoms with E-state index in [1.54, 1.807) is 12.1 Å². The first kappa shape index (κ1) is 24.7. The molecule has 1 saturated heterocycles. The summed E-state index contributed by atoms with van der Waals surface area (Å²) < 4.78 is 26.8. The van der Waals surface area contributed by atoms with Crippen molar-refractivity contribution < 1.29 is 18.7 Å². The van der Waals surface area contributed by atoms with Crippen LogP contribution >= 0.6 is 0 Å². The van der Waals surface area contributed by atoms with Gasteiger partial charge in [-0.25, -0.2) is 4.39 Å². The predicted molar refractivity (Wildman–Crippen MR) is 130 cm³/mol. The molecule has 1 heterocycles. The Labute approximate surface area is 199 Å². The average Bonchev–Trinajstić information content (AvgIpc) is 2.86. The van der Waals surface area contributed by atoms with Crippen LogP contribution in [0.5, 0.6) is 5.75 Å². The Bertz CT molecular complexity index is 754. The van der Waals surface area contributed by atoms with E-state index in [4.69, 9.17) is 9.47 Å². The first-order chi connectivity index (χ1) is 16.1. The zero-order chi connectivity index (χ0) is 23.2. The highest BCUT2D eigenvalue weighted by Crippen LogP contribution is 2.45. The van der Waals surface area contributed by atoms with Crippen molar-refractivity contribution in [2.75, 3.05) is 13.2 Å². The lowest BCUT2D eigenvalue weighted by Gasteiger charge is -2.41. The second-order valence-corrected chi connectivity index (χ2v) is 10.8. The summed E-state index contributed by atoms with van der Waals surface area (Å²) in [6.07, 6.45) is 16.7. The Kier molecular flexibility index (Phi) is 8.85. The van der Waals surface area contributed by atoms with Crippen molar-refractivity contribution in [1.82, 2.24) is 0 Å². The van der Waals surface area contributed by atoms with Crippen molar-refractivity contribution in [1.29, 1.82) is 0 Å². The largest absolute Gasteiger partial charge is 0.493 e. The van der Waals surface area contributed by atoms with Gasteiger partial charge in [0, 0.05) is 5.92 Å². The molecule has 0 aromatic heterocycles. The molecule has 33 heavy (non-hydrogen) atoms. The fourth-order valence-electron chi connectivity index (χ4n) is 7.03. The average molecular weight is 459 g/mol. The van der Waals surface area contributed by atoms with Crippen molar-refractivity contribution in [2.45, 2.75) is 103 Å². The predicted octanol–water partition coefficient (Wildman–Crippen LogP) is 7.71. The van der Waals surface area contributed by atoms with E-state index < -0.39 is 5.82 Å².